The molecular formula is C9H14N2O. The zero-order valence-electron chi connectivity index (χ0n) is 7.66. The van der Waals surface area contributed by atoms with E-state index in [0.717, 1.165) is 5.69 Å². The third-order valence-electron chi connectivity index (χ3n) is 2.08. The average molecular weight is 166 g/mol. The molecule has 0 aromatic carbocycles. The molecule has 1 rings (SSSR count). The Morgan fingerprint density at radius 3 is 2.58 bits per heavy atom. The molecule has 0 bridgehead atoms. The Morgan fingerprint density at radius 2 is 2.08 bits per heavy atom. The Hall–Kier alpha value is -1.09. The molecule has 0 radical (unpaired) electrons. The molecule has 0 amide bonds. The molecule has 0 aliphatic rings. The molecule has 12 heavy (non-hydrogen) atoms. The molecule has 0 fully saturated rings. The largest absolute Gasteiger partial charge is 0.324 e. The minimum atomic E-state index is -0.190. The lowest BCUT2D eigenvalue weighted by Crippen LogP contribution is -2.26. The van der Waals surface area contributed by atoms with E-state index >= 15 is 0 Å². The summed E-state index contributed by atoms with van der Waals surface area (Å²) < 4.78 is 1.61. The Kier molecular flexibility index (Phi) is 2.33. The highest BCUT2D eigenvalue weighted by Crippen LogP contribution is 2.03. The molecule has 1 aromatic heterocycles. The fourth-order valence-corrected chi connectivity index (χ4v) is 1.09. The summed E-state index contributed by atoms with van der Waals surface area (Å²) in [7, 11) is 1.75. The van der Waals surface area contributed by atoms with Crippen molar-refractivity contribution in [2.75, 3.05) is 0 Å². The maximum Gasteiger partial charge on any atom is 0.255 e. The maximum atomic E-state index is 11.5. The Bertz CT molecular complexity index is 339. The molecule has 1 heterocycles. The molecule has 0 saturated carbocycles. The highest BCUT2D eigenvalue weighted by Gasteiger charge is 2.06. The zero-order valence-corrected chi connectivity index (χ0v) is 7.66. The second-order valence-corrected chi connectivity index (χ2v) is 3.08. The van der Waals surface area contributed by atoms with Gasteiger partial charge in [-0.05, 0) is 19.9 Å². The molecule has 1 aromatic rings. The first-order chi connectivity index (χ1) is 5.54. The summed E-state index contributed by atoms with van der Waals surface area (Å²) in [4.78, 5) is 11.5. The fourth-order valence-electron chi connectivity index (χ4n) is 1.09. The second kappa shape index (κ2) is 3.11. The van der Waals surface area contributed by atoms with Crippen LogP contribution in [0, 0.1) is 6.92 Å². The summed E-state index contributed by atoms with van der Waals surface area (Å²) in [6.07, 6.45) is 0. The summed E-state index contributed by atoms with van der Waals surface area (Å²) in [5.74, 6) is 0. The van der Waals surface area contributed by atoms with Gasteiger partial charge in [0.15, 0.2) is 0 Å². The minimum Gasteiger partial charge on any atom is -0.324 e. The number of hydrogen-bond acceptors (Lipinski definition) is 2. The van der Waals surface area contributed by atoms with E-state index in [-0.39, 0.29) is 11.6 Å². The van der Waals surface area contributed by atoms with Gasteiger partial charge in [0.1, 0.15) is 0 Å². The third-order valence-corrected chi connectivity index (χ3v) is 2.08. The van der Waals surface area contributed by atoms with Gasteiger partial charge in [-0.15, -0.1) is 0 Å². The zero-order chi connectivity index (χ0) is 9.30. The van der Waals surface area contributed by atoms with Gasteiger partial charge in [0, 0.05) is 24.3 Å². The fraction of sp³-hybridized carbons (Fsp3) is 0.444. The van der Waals surface area contributed by atoms with Gasteiger partial charge in [0.25, 0.3) is 5.56 Å². The lowest BCUT2D eigenvalue weighted by Gasteiger charge is -2.08. The van der Waals surface area contributed by atoms with Crippen molar-refractivity contribution in [3.05, 3.63) is 33.7 Å². The Morgan fingerprint density at radius 1 is 1.50 bits per heavy atom. The van der Waals surface area contributed by atoms with Crippen molar-refractivity contribution in [2.24, 2.45) is 12.8 Å². The monoisotopic (exact) mass is 166 g/mol. The summed E-state index contributed by atoms with van der Waals surface area (Å²) in [5, 5.41) is 0. The van der Waals surface area contributed by atoms with Gasteiger partial charge in [-0.3, -0.25) is 4.79 Å². The van der Waals surface area contributed by atoms with Crippen molar-refractivity contribution in [1.82, 2.24) is 4.57 Å². The van der Waals surface area contributed by atoms with Crippen LogP contribution < -0.4 is 11.3 Å². The van der Waals surface area contributed by atoms with E-state index in [1.807, 2.05) is 19.9 Å². The summed E-state index contributed by atoms with van der Waals surface area (Å²) in [6, 6.07) is 3.51. The highest BCUT2D eigenvalue weighted by atomic mass is 16.1. The molecule has 1 unspecified atom stereocenters. The van der Waals surface area contributed by atoms with Crippen LogP contribution in [-0.2, 0) is 7.05 Å². The lowest BCUT2D eigenvalue weighted by molar-refractivity contribution is 0.741. The first kappa shape index (κ1) is 9.00. The molecule has 0 aliphatic heterocycles. The van der Waals surface area contributed by atoms with E-state index < -0.39 is 0 Å². The van der Waals surface area contributed by atoms with Crippen LogP contribution in [0.1, 0.15) is 24.2 Å². The summed E-state index contributed by atoms with van der Waals surface area (Å²) in [5.41, 5.74) is 7.24. The smallest absolute Gasteiger partial charge is 0.255 e. The first-order valence-corrected chi connectivity index (χ1v) is 3.96. The molecular weight excluding hydrogens is 152 g/mol. The van der Waals surface area contributed by atoms with E-state index in [4.69, 9.17) is 5.73 Å². The number of rotatable bonds is 1. The predicted octanol–water partition coefficient (Wildman–Crippen LogP) is 0.713. The van der Waals surface area contributed by atoms with Gasteiger partial charge < -0.3 is 10.3 Å². The molecule has 0 aliphatic carbocycles. The third kappa shape index (κ3) is 1.41. The van der Waals surface area contributed by atoms with Gasteiger partial charge in [-0.2, -0.15) is 0 Å². The molecule has 3 heteroatoms. The highest BCUT2D eigenvalue weighted by molar-refractivity contribution is 5.17. The number of nitrogens with two attached hydrogens (primary N) is 1. The number of aryl methyl sites for hydroxylation is 1. The van der Waals surface area contributed by atoms with Gasteiger partial charge >= 0.3 is 0 Å². The molecule has 3 nitrogen and oxygen atoms in total. The van der Waals surface area contributed by atoms with Crippen LogP contribution in [0.2, 0.25) is 0 Å². The normalized spacial score (nSPS) is 13.0. The van der Waals surface area contributed by atoms with Crippen molar-refractivity contribution in [3.63, 3.8) is 0 Å². The maximum absolute atomic E-state index is 11.5. The molecule has 1 atom stereocenters. The van der Waals surface area contributed by atoms with Gasteiger partial charge in [0.2, 0.25) is 0 Å². The van der Waals surface area contributed by atoms with Crippen LogP contribution in [0.5, 0.6) is 0 Å². The molecule has 0 spiro atoms. The van der Waals surface area contributed by atoms with E-state index in [2.05, 4.69) is 0 Å². The van der Waals surface area contributed by atoms with Crippen molar-refractivity contribution >= 4 is 0 Å². The van der Waals surface area contributed by atoms with Crippen LogP contribution in [0.25, 0.3) is 0 Å². The van der Waals surface area contributed by atoms with E-state index in [1.165, 1.54) is 0 Å². The van der Waals surface area contributed by atoms with Crippen LogP contribution >= 0.6 is 0 Å². The summed E-state index contributed by atoms with van der Waals surface area (Å²) in [6.45, 7) is 3.71. The number of aromatic nitrogens is 1. The Labute approximate surface area is 71.8 Å². The molecule has 66 valence electrons. The van der Waals surface area contributed by atoms with E-state index in [1.54, 1.807) is 17.7 Å². The van der Waals surface area contributed by atoms with E-state index in [0.29, 0.717) is 5.56 Å². The SMILES string of the molecule is Cc1ccc(C(C)N)c(=O)n1C. The number of hydrogen-bond donors (Lipinski definition) is 1. The van der Waals surface area contributed by atoms with Crippen molar-refractivity contribution in [2.45, 2.75) is 19.9 Å². The topological polar surface area (TPSA) is 48.0 Å². The van der Waals surface area contributed by atoms with Gasteiger partial charge in [0.05, 0.1) is 0 Å². The van der Waals surface area contributed by atoms with Crippen LogP contribution in [-0.4, -0.2) is 4.57 Å². The summed E-state index contributed by atoms with van der Waals surface area (Å²) >= 11 is 0. The van der Waals surface area contributed by atoms with Gasteiger partial charge in [-0.25, -0.2) is 0 Å². The predicted molar refractivity (Wildman–Crippen MR) is 49.0 cm³/mol. The minimum absolute atomic E-state index is 0.00463. The number of pyridine rings is 1. The first-order valence-electron chi connectivity index (χ1n) is 3.96. The van der Waals surface area contributed by atoms with Crippen LogP contribution in [0.15, 0.2) is 16.9 Å². The average Bonchev–Trinajstić information content (AvgIpc) is 2.00. The number of nitrogens with zero attached hydrogens (tertiary/aromatic N) is 1. The van der Waals surface area contributed by atoms with Crippen molar-refractivity contribution in [3.8, 4) is 0 Å². The second-order valence-electron chi connectivity index (χ2n) is 3.08. The van der Waals surface area contributed by atoms with Crippen LogP contribution in [0.4, 0.5) is 0 Å². The van der Waals surface area contributed by atoms with Gasteiger partial charge in [-0.1, -0.05) is 6.07 Å². The standard InChI is InChI=1S/C9H14N2O/c1-6-4-5-8(7(2)10)9(12)11(6)3/h4-5,7H,10H2,1-3H3. The van der Waals surface area contributed by atoms with Crippen molar-refractivity contribution in [1.29, 1.82) is 0 Å². The van der Waals surface area contributed by atoms with E-state index in [9.17, 15) is 4.79 Å². The molecule has 2 N–H and O–H groups in total. The quantitative estimate of drug-likeness (QED) is 0.668. The Balaban J connectivity index is 3.37. The van der Waals surface area contributed by atoms with Crippen molar-refractivity contribution < 1.29 is 0 Å². The lowest BCUT2D eigenvalue weighted by atomic mass is 10.1. The van der Waals surface area contributed by atoms with Crippen LogP contribution in [0.3, 0.4) is 0 Å². The molecule has 0 saturated heterocycles.